The van der Waals surface area contributed by atoms with Crippen LogP contribution in [0.5, 0.6) is 0 Å². The molecule has 28 heavy (non-hydrogen) atoms. The van der Waals surface area contributed by atoms with Gasteiger partial charge in [0, 0.05) is 13.1 Å². The number of sulfonamides is 1. The third kappa shape index (κ3) is 5.32. The van der Waals surface area contributed by atoms with Gasteiger partial charge in [-0.2, -0.15) is 0 Å². The van der Waals surface area contributed by atoms with Crippen LogP contribution >= 0.6 is 0 Å². The van der Waals surface area contributed by atoms with Crippen LogP contribution in [-0.4, -0.2) is 40.0 Å². The van der Waals surface area contributed by atoms with Gasteiger partial charge in [0.05, 0.1) is 16.1 Å². The number of para-hydroxylation sites is 1. The van der Waals surface area contributed by atoms with Gasteiger partial charge in [-0.3, -0.25) is 9.10 Å². The lowest BCUT2D eigenvalue weighted by Crippen LogP contribution is -2.35. The summed E-state index contributed by atoms with van der Waals surface area (Å²) in [4.78, 5) is 23.8. The van der Waals surface area contributed by atoms with Gasteiger partial charge in [0.15, 0.2) is 6.61 Å². The quantitative estimate of drug-likeness (QED) is 0.683. The van der Waals surface area contributed by atoms with Crippen molar-refractivity contribution in [3.8, 4) is 0 Å². The number of ether oxygens (including phenoxy) is 1. The minimum absolute atomic E-state index is 0.00250. The van der Waals surface area contributed by atoms with E-state index in [0.717, 1.165) is 6.42 Å². The van der Waals surface area contributed by atoms with Gasteiger partial charge in [-0.05, 0) is 49.7 Å². The molecule has 0 aromatic heterocycles. The van der Waals surface area contributed by atoms with Gasteiger partial charge in [-0.1, -0.05) is 25.1 Å². The van der Waals surface area contributed by atoms with Gasteiger partial charge in [0.2, 0.25) is 0 Å². The van der Waals surface area contributed by atoms with Crippen LogP contribution in [0.4, 0.5) is 5.69 Å². The number of anilines is 1. The van der Waals surface area contributed by atoms with E-state index in [4.69, 9.17) is 4.74 Å². The van der Waals surface area contributed by atoms with Gasteiger partial charge in [0.25, 0.3) is 15.9 Å². The predicted molar refractivity (Wildman–Crippen MR) is 107 cm³/mol. The van der Waals surface area contributed by atoms with Crippen molar-refractivity contribution in [2.24, 2.45) is 0 Å². The van der Waals surface area contributed by atoms with Crippen molar-refractivity contribution < 1.29 is 22.7 Å². The number of esters is 1. The summed E-state index contributed by atoms with van der Waals surface area (Å²) >= 11 is 0. The van der Waals surface area contributed by atoms with Gasteiger partial charge in [0.1, 0.15) is 0 Å². The minimum Gasteiger partial charge on any atom is -0.452 e. The van der Waals surface area contributed by atoms with Gasteiger partial charge >= 0.3 is 5.97 Å². The van der Waals surface area contributed by atoms with Crippen LogP contribution in [0.1, 0.15) is 30.6 Å². The Balaban J connectivity index is 2.04. The SMILES string of the molecule is CC[C@H](C)NC(=O)COC(=O)c1ccc(S(=O)(=O)N(C)c2ccccc2)cc1. The third-order valence-corrected chi connectivity index (χ3v) is 6.02. The summed E-state index contributed by atoms with van der Waals surface area (Å²) in [6.45, 7) is 3.40. The van der Waals surface area contributed by atoms with Crippen molar-refractivity contribution in [3.63, 3.8) is 0 Å². The molecule has 1 atom stereocenters. The van der Waals surface area contributed by atoms with E-state index in [1.54, 1.807) is 30.3 Å². The number of carbonyl (C=O) groups excluding carboxylic acids is 2. The van der Waals surface area contributed by atoms with Crippen LogP contribution < -0.4 is 9.62 Å². The molecule has 0 radical (unpaired) electrons. The Morgan fingerprint density at radius 3 is 2.25 bits per heavy atom. The Morgan fingerprint density at radius 1 is 1.07 bits per heavy atom. The van der Waals surface area contributed by atoms with E-state index in [2.05, 4.69) is 5.32 Å². The van der Waals surface area contributed by atoms with Crippen LogP contribution in [0.15, 0.2) is 59.5 Å². The first-order valence-electron chi connectivity index (χ1n) is 8.86. The van der Waals surface area contributed by atoms with Crippen molar-refractivity contribution in [1.29, 1.82) is 0 Å². The van der Waals surface area contributed by atoms with Crippen molar-refractivity contribution >= 4 is 27.6 Å². The van der Waals surface area contributed by atoms with E-state index in [0.29, 0.717) is 5.69 Å². The molecule has 2 rings (SSSR count). The monoisotopic (exact) mass is 404 g/mol. The molecule has 1 N–H and O–H groups in total. The zero-order valence-electron chi connectivity index (χ0n) is 16.1. The van der Waals surface area contributed by atoms with E-state index in [1.165, 1.54) is 35.6 Å². The van der Waals surface area contributed by atoms with E-state index in [1.807, 2.05) is 13.8 Å². The Bertz CT molecular complexity index is 911. The van der Waals surface area contributed by atoms with Crippen molar-refractivity contribution in [3.05, 3.63) is 60.2 Å². The Morgan fingerprint density at radius 2 is 1.68 bits per heavy atom. The molecule has 1 amide bonds. The number of benzene rings is 2. The number of hydrogen-bond acceptors (Lipinski definition) is 5. The Kier molecular flexibility index (Phi) is 7.17. The number of hydrogen-bond donors (Lipinski definition) is 1. The summed E-state index contributed by atoms with van der Waals surface area (Å²) in [6.07, 6.45) is 0.771. The predicted octanol–water partition coefficient (Wildman–Crippen LogP) is 2.58. The molecule has 0 bridgehead atoms. The maximum atomic E-state index is 12.7. The van der Waals surface area contributed by atoms with Gasteiger partial charge in [-0.25, -0.2) is 13.2 Å². The second-order valence-electron chi connectivity index (χ2n) is 6.29. The Labute approximate surface area is 165 Å². The molecule has 0 fully saturated rings. The fraction of sp³-hybridized carbons (Fsp3) is 0.300. The number of amides is 1. The molecule has 0 heterocycles. The highest BCUT2D eigenvalue weighted by atomic mass is 32.2. The van der Waals surface area contributed by atoms with Crippen LogP contribution in [0.2, 0.25) is 0 Å². The lowest BCUT2D eigenvalue weighted by molar-refractivity contribution is -0.124. The molecular formula is C20H24N2O5S. The average Bonchev–Trinajstić information content (AvgIpc) is 2.72. The molecule has 0 spiro atoms. The van der Waals surface area contributed by atoms with E-state index < -0.39 is 16.0 Å². The summed E-state index contributed by atoms with van der Waals surface area (Å²) in [5.41, 5.74) is 0.691. The zero-order chi connectivity index (χ0) is 20.7. The number of nitrogens with zero attached hydrogens (tertiary/aromatic N) is 1. The van der Waals surface area contributed by atoms with Crippen molar-refractivity contribution in [2.45, 2.75) is 31.2 Å². The number of nitrogens with one attached hydrogen (secondary N) is 1. The van der Waals surface area contributed by atoms with Crippen LogP contribution in [0.3, 0.4) is 0 Å². The second-order valence-corrected chi connectivity index (χ2v) is 8.25. The minimum atomic E-state index is -3.76. The molecule has 150 valence electrons. The van der Waals surface area contributed by atoms with Gasteiger partial charge in [-0.15, -0.1) is 0 Å². The molecule has 2 aromatic carbocycles. The molecule has 0 aliphatic rings. The number of carbonyl (C=O) groups is 2. The van der Waals surface area contributed by atoms with Crippen LogP contribution in [0, 0.1) is 0 Å². The fourth-order valence-electron chi connectivity index (χ4n) is 2.33. The van der Waals surface area contributed by atoms with Gasteiger partial charge < -0.3 is 10.1 Å². The van der Waals surface area contributed by atoms with E-state index >= 15 is 0 Å². The summed E-state index contributed by atoms with van der Waals surface area (Å²) < 4.78 is 31.6. The lowest BCUT2D eigenvalue weighted by atomic mass is 10.2. The molecule has 2 aromatic rings. The molecule has 0 saturated carbocycles. The van der Waals surface area contributed by atoms with Crippen LogP contribution in [0.25, 0.3) is 0 Å². The Hall–Kier alpha value is -2.87. The summed E-state index contributed by atoms with van der Waals surface area (Å²) in [6, 6.07) is 14.1. The molecular weight excluding hydrogens is 380 g/mol. The summed E-state index contributed by atoms with van der Waals surface area (Å²) in [5.74, 6) is -1.08. The summed E-state index contributed by atoms with van der Waals surface area (Å²) in [7, 11) is -2.30. The molecule has 0 aliphatic heterocycles. The highest BCUT2D eigenvalue weighted by Gasteiger charge is 2.21. The maximum Gasteiger partial charge on any atom is 0.338 e. The first kappa shape index (κ1) is 21.4. The molecule has 7 nitrogen and oxygen atoms in total. The highest BCUT2D eigenvalue weighted by molar-refractivity contribution is 7.92. The zero-order valence-corrected chi connectivity index (χ0v) is 16.9. The van der Waals surface area contributed by atoms with E-state index in [9.17, 15) is 18.0 Å². The smallest absolute Gasteiger partial charge is 0.338 e. The topological polar surface area (TPSA) is 92.8 Å². The summed E-state index contributed by atoms with van der Waals surface area (Å²) in [5, 5.41) is 2.69. The fourth-order valence-corrected chi connectivity index (χ4v) is 3.53. The molecule has 0 aliphatic carbocycles. The first-order valence-corrected chi connectivity index (χ1v) is 10.3. The first-order chi connectivity index (χ1) is 13.3. The standard InChI is InChI=1S/C20H24N2O5S/c1-4-15(2)21-19(23)14-27-20(24)16-10-12-18(13-11-16)28(25,26)22(3)17-8-6-5-7-9-17/h5-13,15H,4,14H2,1-3H3,(H,21,23)/t15-/m0/s1. The molecule has 8 heteroatoms. The average molecular weight is 404 g/mol. The lowest BCUT2D eigenvalue weighted by Gasteiger charge is -2.19. The van der Waals surface area contributed by atoms with Crippen LogP contribution in [-0.2, 0) is 19.6 Å². The second kappa shape index (κ2) is 9.36. The molecule has 0 saturated heterocycles. The van der Waals surface area contributed by atoms with E-state index in [-0.39, 0.29) is 29.0 Å². The highest BCUT2D eigenvalue weighted by Crippen LogP contribution is 2.22. The third-order valence-electron chi connectivity index (χ3n) is 4.22. The largest absolute Gasteiger partial charge is 0.452 e. The maximum absolute atomic E-state index is 12.7. The normalized spacial score (nSPS) is 12.1. The number of rotatable bonds is 8. The van der Waals surface area contributed by atoms with Crippen molar-refractivity contribution in [1.82, 2.24) is 5.32 Å². The molecule has 0 unspecified atom stereocenters. The van der Waals surface area contributed by atoms with Crippen molar-refractivity contribution in [2.75, 3.05) is 18.0 Å².